The van der Waals surface area contributed by atoms with Gasteiger partial charge in [0.15, 0.2) is 0 Å². The number of nitrogens with zero attached hydrogens (tertiary/aromatic N) is 1. The molecule has 0 fully saturated rings. The maximum Gasteiger partial charge on any atom is 0.113 e. The third-order valence-corrected chi connectivity index (χ3v) is 2.48. The Balaban J connectivity index is 2.67. The summed E-state index contributed by atoms with van der Waals surface area (Å²) < 4.78 is 0. The van der Waals surface area contributed by atoms with Gasteiger partial charge in [0.2, 0.25) is 0 Å². The molecule has 0 aliphatic rings. The molecule has 0 bridgehead atoms. The number of aliphatic hydroxyl groups excluding tert-OH is 1. The normalized spacial score (nSPS) is 12.5. The Kier molecular flexibility index (Phi) is 3.06. The minimum absolute atomic E-state index is 0.507. The second kappa shape index (κ2) is 3.86. The smallest absolute Gasteiger partial charge is 0.113 e. The van der Waals surface area contributed by atoms with Gasteiger partial charge in [-0.2, -0.15) is 5.26 Å². The molecular weight excluding hydrogens is 226 g/mol. The summed E-state index contributed by atoms with van der Waals surface area (Å²) in [5.41, 5.74) is 0. The van der Waals surface area contributed by atoms with Gasteiger partial charge < -0.3 is 5.11 Å². The van der Waals surface area contributed by atoms with Crippen LogP contribution in [-0.4, -0.2) is 10.1 Å². The van der Waals surface area contributed by atoms with Crippen molar-refractivity contribution in [2.45, 2.75) is 11.4 Å². The maximum atomic E-state index is 8.93. The van der Waals surface area contributed by atoms with Gasteiger partial charge in [0.25, 0.3) is 0 Å². The van der Waals surface area contributed by atoms with Gasteiger partial charge in [-0.25, -0.2) is 0 Å². The summed E-state index contributed by atoms with van der Waals surface area (Å²) in [5, 5.41) is 16.9. The van der Waals surface area contributed by atoms with Gasteiger partial charge in [-0.05, 0) is 12.1 Å². The zero-order chi connectivity index (χ0) is 8.27. The minimum atomic E-state index is -0.507. The lowest BCUT2D eigenvalue weighted by Gasteiger charge is -1.96. The summed E-state index contributed by atoms with van der Waals surface area (Å²) in [7, 11) is 0. The number of nitriles is 1. The van der Waals surface area contributed by atoms with Crippen molar-refractivity contribution in [2.24, 2.45) is 0 Å². The lowest BCUT2D eigenvalue weighted by molar-refractivity contribution is 0.272. The van der Waals surface area contributed by atoms with Crippen LogP contribution in [-0.2, 0) is 6.42 Å². The van der Waals surface area contributed by atoms with Crippen LogP contribution >= 0.6 is 27.3 Å². The van der Waals surface area contributed by atoms with E-state index in [0.29, 0.717) is 11.3 Å². The summed E-state index contributed by atoms with van der Waals surface area (Å²) in [6.45, 7) is 0. The molecule has 0 aliphatic carbocycles. The lowest BCUT2D eigenvalue weighted by atomic mass is 10.3. The van der Waals surface area contributed by atoms with E-state index in [1.807, 2.05) is 12.1 Å². The number of halogens is 1. The molecule has 4 heteroatoms. The Morgan fingerprint density at radius 3 is 2.91 bits per heavy atom. The van der Waals surface area contributed by atoms with E-state index in [1.54, 1.807) is 6.07 Å². The van der Waals surface area contributed by atoms with E-state index in [0.717, 1.165) is 4.88 Å². The highest BCUT2D eigenvalue weighted by Gasteiger charge is 2.03. The van der Waals surface area contributed by atoms with Crippen molar-refractivity contribution in [3.8, 4) is 6.07 Å². The number of alkyl halides is 1. The first-order valence-electron chi connectivity index (χ1n) is 3.03. The molecule has 0 radical (unpaired) electrons. The van der Waals surface area contributed by atoms with E-state index in [4.69, 9.17) is 10.4 Å². The van der Waals surface area contributed by atoms with Gasteiger partial charge in [0, 0.05) is 11.3 Å². The summed E-state index contributed by atoms with van der Waals surface area (Å²) in [6.07, 6.45) is 0.562. The Morgan fingerprint density at radius 2 is 2.45 bits per heavy atom. The predicted octanol–water partition coefficient (Wildman–Crippen LogP) is 1.88. The van der Waals surface area contributed by atoms with Gasteiger partial charge in [-0.1, -0.05) is 15.9 Å². The fourth-order valence-corrected chi connectivity index (χ4v) is 2.12. The quantitative estimate of drug-likeness (QED) is 0.791. The van der Waals surface area contributed by atoms with Crippen molar-refractivity contribution in [3.63, 3.8) is 0 Å². The predicted molar refractivity (Wildman–Crippen MR) is 47.7 cm³/mol. The maximum absolute atomic E-state index is 8.93. The van der Waals surface area contributed by atoms with Crippen LogP contribution in [0.15, 0.2) is 12.1 Å². The highest BCUT2D eigenvalue weighted by Crippen LogP contribution is 2.18. The van der Waals surface area contributed by atoms with Crippen LogP contribution < -0.4 is 0 Å². The molecule has 0 spiro atoms. The molecule has 1 aromatic rings. The molecule has 1 atom stereocenters. The topological polar surface area (TPSA) is 44.0 Å². The Bertz CT molecular complexity index is 276. The van der Waals surface area contributed by atoms with Crippen LogP contribution in [0.25, 0.3) is 0 Å². The van der Waals surface area contributed by atoms with Gasteiger partial charge >= 0.3 is 0 Å². The monoisotopic (exact) mass is 231 g/mol. The Labute approximate surface area is 77.2 Å². The molecule has 0 saturated heterocycles. The van der Waals surface area contributed by atoms with Crippen LogP contribution in [0.5, 0.6) is 0 Å². The average molecular weight is 232 g/mol. The zero-order valence-corrected chi connectivity index (χ0v) is 8.02. The largest absolute Gasteiger partial charge is 0.381 e. The molecule has 2 nitrogen and oxygen atoms in total. The third-order valence-electron chi connectivity index (χ3n) is 1.14. The highest BCUT2D eigenvalue weighted by atomic mass is 79.9. The van der Waals surface area contributed by atoms with Crippen molar-refractivity contribution < 1.29 is 5.11 Å². The van der Waals surface area contributed by atoms with Gasteiger partial charge in [0.05, 0.1) is 0 Å². The van der Waals surface area contributed by atoms with Crippen LogP contribution in [0.4, 0.5) is 0 Å². The standard InChI is InChI=1S/C7H6BrNOS/c8-7(10)3-5-1-2-6(4-9)11-5/h1-2,7,10H,3H2. The fraction of sp³-hybridized carbons (Fsp3) is 0.286. The van der Waals surface area contributed by atoms with Gasteiger partial charge in [-0.3, -0.25) is 0 Å². The lowest BCUT2D eigenvalue weighted by Crippen LogP contribution is -1.97. The van der Waals surface area contributed by atoms with Gasteiger partial charge in [-0.15, -0.1) is 11.3 Å². The first-order valence-corrected chi connectivity index (χ1v) is 4.76. The van der Waals surface area contributed by atoms with Crippen molar-refractivity contribution in [3.05, 3.63) is 21.9 Å². The first-order chi connectivity index (χ1) is 5.22. The fourth-order valence-electron chi connectivity index (χ4n) is 0.714. The van der Waals surface area contributed by atoms with Crippen LogP contribution in [0, 0.1) is 11.3 Å². The summed E-state index contributed by atoms with van der Waals surface area (Å²) >= 11 is 4.43. The molecule has 0 saturated carbocycles. The second-order valence-electron chi connectivity index (χ2n) is 2.02. The number of hydrogen-bond acceptors (Lipinski definition) is 3. The van der Waals surface area contributed by atoms with E-state index >= 15 is 0 Å². The molecule has 1 N–H and O–H groups in total. The molecule has 1 unspecified atom stereocenters. The summed E-state index contributed by atoms with van der Waals surface area (Å²) in [5.74, 6) is 0. The summed E-state index contributed by atoms with van der Waals surface area (Å²) in [6, 6.07) is 5.66. The van der Waals surface area contributed by atoms with E-state index in [2.05, 4.69) is 15.9 Å². The van der Waals surface area contributed by atoms with E-state index in [1.165, 1.54) is 11.3 Å². The van der Waals surface area contributed by atoms with Crippen molar-refractivity contribution in [2.75, 3.05) is 0 Å². The van der Waals surface area contributed by atoms with Crippen LogP contribution in [0.3, 0.4) is 0 Å². The molecule has 0 amide bonds. The zero-order valence-electron chi connectivity index (χ0n) is 5.62. The SMILES string of the molecule is N#Cc1ccc(CC(O)Br)s1. The minimum Gasteiger partial charge on any atom is -0.381 e. The molecule has 11 heavy (non-hydrogen) atoms. The van der Waals surface area contributed by atoms with E-state index in [-0.39, 0.29) is 0 Å². The second-order valence-corrected chi connectivity index (χ2v) is 4.24. The number of aliphatic hydroxyl groups is 1. The van der Waals surface area contributed by atoms with Crippen molar-refractivity contribution in [1.82, 2.24) is 0 Å². The van der Waals surface area contributed by atoms with Crippen LogP contribution in [0.2, 0.25) is 0 Å². The van der Waals surface area contributed by atoms with Gasteiger partial charge in [0.1, 0.15) is 16.0 Å². The average Bonchev–Trinajstić information content (AvgIpc) is 2.34. The number of rotatable bonds is 2. The third kappa shape index (κ3) is 2.62. The molecule has 0 aliphatic heterocycles. The molecule has 1 heterocycles. The molecule has 58 valence electrons. The first kappa shape index (κ1) is 8.72. The van der Waals surface area contributed by atoms with Crippen molar-refractivity contribution in [1.29, 1.82) is 5.26 Å². The summed E-state index contributed by atoms with van der Waals surface area (Å²) in [4.78, 5) is 1.71. The number of hydrogen-bond donors (Lipinski definition) is 1. The molecule has 1 rings (SSSR count). The highest BCUT2D eigenvalue weighted by molar-refractivity contribution is 9.09. The Hall–Kier alpha value is -0.370. The van der Waals surface area contributed by atoms with E-state index < -0.39 is 5.01 Å². The molecular formula is C7H6BrNOS. The Morgan fingerprint density at radius 1 is 1.73 bits per heavy atom. The van der Waals surface area contributed by atoms with Crippen molar-refractivity contribution >= 4 is 27.3 Å². The molecule has 1 aromatic heterocycles. The molecule has 0 aromatic carbocycles. The van der Waals surface area contributed by atoms with Crippen LogP contribution in [0.1, 0.15) is 9.75 Å². The van der Waals surface area contributed by atoms with E-state index in [9.17, 15) is 0 Å². The number of thiophene rings is 1.